The van der Waals surface area contributed by atoms with Gasteiger partial charge in [0.2, 0.25) is 5.91 Å². The Morgan fingerprint density at radius 1 is 1.35 bits per heavy atom. The van der Waals surface area contributed by atoms with E-state index < -0.39 is 11.2 Å². The zero-order valence-electron chi connectivity index (χ0n) is 12.9. The van der Waals surface area contributed by atoms with Gasteiger partial charge in [-0.2, -0.15) is 0 Å². The highest BCUT2D eigenvalue weighted by atomic mass is 35.5. The topological polar surface area (TPSA) is 55.4 Å². The van der Waals surface area contributed by atoms with Crippen LogP contribution in [0, 0.1) is 5.82 Å². The van der Waals surface area contributed by atoms with Crippen LogP contribution in [0.1, 0.15) is 12.0 Å². The van der Waals surface area contributed by atoms with E-state index in [4.69, 9.17) is 0 Å². The second kappa shape index (κ2) is 10.6. The third-order valence-electron chi connectivity index (χ3n) is 3.54. The molecule has 1 aromatic rings. The summed E-state index contributed by atoms with van der Waals surface area (Å²) in [4.78, 5) is 13.9. The van der Waals surface area contributed by atoms with Crippen molar-refractivity contribution in [2.75, 3.05) is 37.7 Å². The van der Waals surface area contributed by atoms with Crippen LogP contribution in [0.5, 0.6) is 0 Å². The van der Waals surface area contributed by atoms with E-state index in [1.807, 2.05) is 0 Å². The molecule has 23 heavy (non-hydrogen) atoms. The van der Waals surface area contributed by atoms with Gasteiger partial charge in [-0.3, -0.25) is 9.69 Å². The normalized spacial score (nSPS) is 16.3. The first-order valence-electron chi connectivity index (χ1n) is 7.43. The van der Waals surface area contributed by atoms with Crippen molar-refractivity contribution in [3.8, 4) is 0 Å². The summed E-state index contributed by atoms with van der Waals surface area (Å²) in [6.07, 6.45) is 3.68. The fraction of sp³-hybridized carbons (Fsp3) is 0.438. The first kappa shape index (κ1) is 20.0. The van der Waals surface area contributed by atoms with Crippen molar-refractivity contribution in [2.45, 2.75) is 6.42 Å². The van der Waals surface area contributed by atoms with Gasteiger partial charge in [-0.1, -0.05) is 29.4 Å². The van der Waals surface area contributed by atoms with E-state index in [0.717, 1.165) is 37.6 Å². The molecular weight excluding hydrogens is 339 g/mol. The van der Waals surface area contributed by atoms with Gasteiger partial charge in [0.1, 0.15) is 17.3 Å². The maximum absolute atomic E-state index is 13.4. The molecular formula is C16H22ClFN2O2S. The molecule has 0 spiro atoms. The fourth-order valence-electron chi connectivity index (χ4n) is 2.25. The number of nitrogens with one attached hydrogen (secondary N) is 1. The zero-order valence-corrected chi connectivity index (χ0v) is 14.5. The molecule has 0 saturated carbocycles. The van der Waals surface area contributed by atoms with E-state index in [2.05, 4.69) is 10.2 Å². The molecule has 0 unspecified atom stereocenters. The Morgan fingerprint density at radius 3 is 2.74 bits per heavy atom. The maximum atomic E-state index is 13.4. The second-order valence-corrected chi connectivity index (χ2v) is 6.89. The first-order valence-corrected chi connectivity index (χ1v) is 8.92. The Labute approximate surface area is 145 Å². The number of carbonyl (C=O) groups excluding carboxylic acids is 1. The minimum Gasteiger partial charge on any atom is -0.616 e. The van der Waals surface area contributed by atoms with E-state index >= 15 is 0 Å². The molecule has 0 atom stereocenters. The number of hydrogen-bond acceptors (Lipinski definition) is 3. The van der Waals surface area contributed by atoms with Crippen LogP contribution in [0.3, 0.4) is 0 Å². The van der Waals surface area contributed by atoms with Gasteiger partial charge in [-0.15, -0.1) is 12.4 Å². The zero-order chi connectivity index (χ0) is 15.8. The van der Waals surface area contributed by atoms with Crippen LogP contribution in [0.15, 0.2) is 30.3 Å². The van der Waals surface area contributed by atoms with Gasteiger partial charge >= 0.3 is 0 Å². The molecule has 2 rings (SSSR count). The highest BCUT2D eigenvalue weighted by molar-refractivity contribution is 7.91. The maximum Gasteiger partial charge on any atom is 0.244 e. The predicted octanol–water partition coefficient (Wildman–Crippen LogP) is 1.83. The Morgan fingerprint density at radius 2 is 2.04 bits per heavy atom. The molecule has 0 bridgehead atoms. The minimum absolute atomic E-state index is 0. The highest BCUT2D eigenvalue weighted by Gasteiger charge is 2.18. The van der Waals surface area contributed by atoms with Gasteiger partial charge in [-0.05, 0) is 18.6 Å². The molecule has 4 nitrogen and oxygen atoms in total. The Kier molecular flexibility index (Phi) is 9.24. The number of benzene rings is 1. The van der Waals surface area contributed by atoms with E-state index in [9.17, 15) is 13.7 Å². The summed E-state index contributed by atoms with van der Waals surface area (Å²) in [5.41, 5.74) is 0.402. The quantitative estimate of drug-likeness (QED) is 0.478. The highest BCUT2D eigenvalue weighted by Crippen LogP contribution is 2.08. The number of hydrogen-bond donors (Lipinski definition) is 1. The molecule has 0 aliphatic carbocycles. The van der Waals surface area contributed by atoms with Crippen molar-refractivity contribution in [3.05, 3.63) is 41.7 Å². The van der Waals surface area contributed by atoms with Gasteiger partial charge in [0.25, 0.3) is 0 Å². The summed E-state index contributed by atoms with van der Waals surface area (Å²) in [5.74, 6) is 0.937. The summed E-state index contributed by atoms with van der Waals surface area (Å²) < 4.78 is 24.6. The van der Waals surface area contributed by atoms with Crippen LogP contribution in [-0.4, -0.2) is 53.0 Å². The van der Waals surface area contributed by atoms with Gasteiger partial charge in [0.05, 0.1) is 0 Å². The smallest absolute Gasteiger partial charge is 0.244 e. The SMILES string of the molecule is Cl.O=C(C=Cc1ccccc1F)NCCCN1CC[S+]([O-])CC1. The lowest BCUT2D eigenvalue weighted by atomic mass is 10.2. The summed E-state index contributed by atoms with van der Waals surface area (Å²) in [7, 11) is 0. The molecule has 7 heteroatoms. The van der Waals surface area contributed by atoms with Crippen LogP contribution < -0.4 is 5.32 Å². The predicted molar refractivity (Wildman–Crippen MR) is 94.6 cm³/mol. The molecule has 1 aromatic carbocycles. The van der Waals surface area contributed by atoms with E-state index in [0.29, 0.717) is 12.1 Å². The number of carbonyl (C=O) groups is 1. The summed E-state index contributed by atoms with van der Waals surface area (Å²) in [6.45, 7) is 3.22. The van der Waals surface area contributed by atoms with Crippen LogP contribution in [0.25, 0.3) is 6.08 Å². The van der Waals surface area contributed by atoms with Crippen molar-refractivity contribution >= 4 is 35.6 Å². The van der Waals surface area contributed by atoms with Crippen molar-refractivity contribution in [2.24, 2.45) is 0 Å². The van der Waals surface area contributed by atoms with Gasteiger partial charge < -0.3 is 9.87 Å². The second-order valence-electron chi connectivity index (χ2n) is 5.19. The average Bonchev–Trinajstić information content (AvgIpc) is 2.52. The molecule has 1 amide bonds. The molecule has 1 N–H and O–H groups in total. The van der Waals surface area contributed by atoms with E-state index in [1.54, 1.807) is 18.2 Å². The number of rotatable bonds is 6. The van der Waals surface area contributed by atoms with Crippen LogP contribution >= 0.6 is 12.4 Å². The number of amides is 1. The van der Waals surface area contributed by atoms with Crippen LogP contribution in [0.4, 0.5) is 4.39 Å². The lowest BCUT2D eigenvalue weighted by Crippen LogP contribution is -2.41. The summed E-state index contributed by atoms with van der Waals surface area (Å²) >= 11 is -0.650. The third kappa shape index (κ3) is 7.35. The Balaban J connectivity index is 0.00000264. The minimum atomic E-state index is -0.650. The van der Waals surface area contributed by atoms with Gasteiger partial charge in [-0.25, -0.2) is 4.39 Å². The molecule has 0 radical (unpaired) electrons. The van der Waals surface area contributed by atoms with Gasteiger partial charge in [0, 0.05) is 37.8 Å². The van der Waals surface area contributed by atoms with Crippen LogP contribution in [0.2, 0.25) is 0 Å². The third-order valence-corrected chi connectivity index (χ3v) is 4.82. The first-order chi connectivity index (χ1) is 10.6. The molecule has 1 heterocycles. The molecule has 1 aliphatic heterocycles. The van der Waals surface area contributed by atoms with E-state index in [1.165, 1.54) is 18.2 Å². The lowest BCUT2D eigenvalue weighted by Gasteiger charge is -2.27. The average molecular weight is 361 g/mol. The largest absolute Gasteiger partial charge is 0.616 e. The van der Waals surface area contributed by atoms with Crippen molar-refractivity contribution in [3.63, 3.8) is 0 Å². The number of halogens is 2. The van der Waals surface area contributed by atoms with Gasteiger partial charge in [0.15, 0.2) is 0 Å². The standard InChI is InChI=1S/C16H21FN2O2S.ClH/c17-15-5-2-1-4-14(15)6-7-16(20)18-8-3-9-19-10-12-22(21)13-11-19;/h1-2,4-7H,3,8-13H2,(H,18,20);1H. The lowest BCUT2D eigenvalue weighted by molar-refractivity contribution is -0.116. The van der Waals surface area contributed by atoms with Crippen molar-refractivity contribution in [1.82, 2.24) is 10.2 Å². The summed E-state index contributed by atoms with van der Waals surface area (Å²) in [6, 6.07) is 6.33. The molecule has 128 valence electrons. The molecule has 0 aromatic heterocycles. The monoisotopic (exact) mass is 360 g/mol. The number of nitrogens with zero attached hydrogens (tertiary/aromatic N) is 1. The van der Waals surface area contributed by atoms with Crippen LogP contribution in [-0.2, 0) is 16.0 Å². The summed E-state index contributed by atoms with van der Waals surface area (Å²) in [5, 5.41) is 2.79. The Hall–Kier alpha value is -1.08. The van der Waals surface area contributed by atoms with Crippen molar-refractivity contribution < 1.29 is 13.7 Å². The fourth-order valence-corrected chi connectivity index (χ4v) is 3.38. The molecule has 1 fully saturated rings. The van der Waals surface area contributed by atoms with E-state index in [-0.39, 0.29) is 24.1 Å². The van der Waals surface area contributed by atoms with Crippen molar-refractivity contribution in [1.29, 1.82) is 0 Å². The molecule has 1 aliphatic rings. The Bertz CT molecular complexity index is 523. The molecule has 1 saturated heterocycles.